The summed E-state index contributed by atoms with van der Waals surface area (Å²) in [5.74, 6) is 0. The molecule has 0 spiro atoms. The van der Waals surface area contributed by atoms with Crippen LogP contribution in [-0.4, -0.2) is 22.2 Å². The highest BCUT2D eigenvalue weighted by molar-refractivity contribution is 7.16. The lowest BCUT2D eigenvalue weighted by Crippen LogP contribution is -2.32. The maximum absolute atomic E-state index is 9.90. The van der Waals surface area contributed by atoms with Crippen LogP contribution < -0.4 is 5.46 Å². The Morgan fingerprint density at radius 2 is 1.54 bits per heavy atom. The number of hydrogen-bond acceptors (Lipinski definition) is 4. The average molecular weight is 331 g/mol. The maximum atomic E-state index is 9.90. The van der Waals surface area contributed by atoms with E-state index in [-0.39, 0.29) is 0 Å². The highest BCUT2D eigenvalue weighted by Crippen LogP contribution is 2.35. The lowest BCUT2D eigenvalue weighted by atomic mass is 9.73. The summed E-state index contributed by atoms with van der Waals surface area (Å²) in [7, 11) is -1.54. The molecule has 0 atom stereocenters. The summed E-state index contributed by atoms with van der Waals surface area (Å²) in [5.41, 5.74) is 6.90. The molecule has 116 valence electrons. The summed E-state index contributed by atoms with van der Waals surface area (Å²) in [6.07, 6.45) is 0. The molecule has 0 fully saturated rings. The third-order valence-corrected chi connectivity index (χ3v) is 4.88. The van der Waals surface area contributed by atoms with Crippen molar-refractivity contribution < 1.29 is 10.0 Å². The first kappa shape index (κ1) is 15.1. The lowest BCUT2D eigenvalue weighted by Gasteiger charge is -2.16. The fourth-order valence-electron chi connectivity index (χ4n) is 3.03. The molecule has 5 heteroatoms. The first-order valence-electron chi connectivity index (χ1n) is 7.63. The van der Waals surface area contributed by atoms with Crippen molar-refractivity contribution in [2.24, 2.45) is 0 Å². The van der Waals surface area contributed by atoms with E-state index in [9.17, 15) is 10.0 Å². The first-order chi connectivity index (χ1) is 11.8. The van der Waals surface area contributed by atoms with Crippen molar-refractivity contribution in [3.8, 4) is 22.3 Å². The van der Waals surface area contributed by atoms with Gasteiger partial charge in [0.05, 0.1) is 15.7 Å². The van der Waals surface area contributed by atoms with Gasteiger partial charge in [0.15, 0.2) is 0 Å². The molecule has 0 radical (unpaired) electrons. The molecule has 4 aromatic rings. The third kappa shape index (κ3) is 2.53. The molecule has 3 aromatic carbocycles. The van der Waals surface area contributed by atoms with Gasteiger partial charge >= 0.3 is 7.12 Å². The molecule has 1 aromatic heterocycles. The van der Waals surface area contributed by atoms with E-state index in [1.165, 1.54) is 0 Å². The molecule has 24 heavy (non-hydrogen) atoms. The second kappa shape index (κ2) is 6.21. The molecule has 0 bridgehead atoms. The summed E-state index contributed by atoms with van der Waals surface area (Å²) < 4.78 is 1.08. The zero-order valence-corrected chi connectivity index (χ0v) is 13.6. The predicted molar refractivity (Wildman–Crippen MR) is 100 cm³/mol. The largest absolute Gasteiger partial charge is 0.489 e. The second-order valence-corrected chi connectivity index (χ2v) is 6.40. The quantitative estimate of drug-likeness (QED) is 0.566. The number of fused-ring (bicyclic) bond motifs is 1. The van der Waals surface area contributed by atoms with E-state index in [1.54, 1.807) is 17.4 Å². The minimum Gasteiger partial charge on any atom is -0.423 e. The molecule has 0 amide bonds. The Balaban J connectivity index is 2.08. The summed E-state index contributed by atoms with van der Waals surface area (Å²) >= 11 is 1.58. The van der Waals surface area contributed by atoms with Crippen LogP contribution >= 0.6 is 11.3 Å². The molecular weight excluding hydrogens is 317 g/mol. The molecule has 0 saturated heterocycles. The van der Waals surface area contributed by atoms with Crippen LogP contribution in [0.5, 0.6) is 0 Å². The Morgan fingerprint density at radius 1 is 0.792 bits per heavy atom. The van der Waals surface area contributed by atoms with Crippen molar-refractivity contribution >= 4 is 34.1 Å². The van der Waals surface area contributed by atoms with E-state index in [2.05, 4.69) is 4.98 Å². The molecule has 2 N–H and O–H groups in total. The highest BCUT2D eigenvalue weighted by atomic mass is 32.1. The van der Waals surface area contributed by atoms with Crippen molar-refractivity contribution in [3.63, 3.8) is 0 Å². The Hall–Kier alpha value is -2.47. The second-order valence-electron chi connectivity index (χ2n) is 5.51. The lowest BCUT2D eigenvalue weighted by molar-refractivity contribution is 0.426. The molecule has 0 saturated carbocycles. The fraction of sp³-hybridized carbons (Fsp3) is 0. The number of para-hydroxylation sites is 1. The van der Waals surface area contributed by atoms with Crippen LogP contribution in [0.15, 0.2) is 72.2 Å². The summed E-state index contributed by atoms with van der Waals surface area (Å²) in [5, 5.41) is 19.8. The number of hydrogen-bond donors (Lipinski definition) is 2. The van der Waals surface area contributed by atoms with Crippen LogP contribution in [0.4, 0.5) is 0 Å². The van der Waals surface area contributed by atoms with E-state index < -0.39 is 7.12 Å². The predicted octanol–water partition coefficient (Wildman–Crippen LogP) is 3.31. The summed E-state index contributed by atoms with van der Waals surface area (Å²) in [6.45, 7) is 0. The van der Waals surface area contributed by atoms with Gasteiger partial charge in [-0.15, -0.1) is 11.3 Å². The van der Waals surface area contributed by atoms with E-state index in [1.807, 2.05) is 66.2 Å². The van der Waals surface area contributed by atoms with Crippen molar-refractivity contribution in [3.05, 3.63) is 72.2 Å². The first-order valence-corrected chi connectivity index (χ1v) is 8.51. The van der Waals surface area contributed by atoms with Crippen molar-refractivity contribution in [1.82, 2.24) is 4.98 Å². The molecule has 0 aliphatic heterocycles. The number of aromatic nitrogens is 1. The number of nitrogens with zero attached hydrogens (tertiary/aromatic N) is 1. The Labute approximate surface area is 144 Å². The Kier molecular flexibility index (Phi) is 3.90. The van der Waals surface area contributed by atoms with E-state index in [0.29, 0.717) is 5.46 Å². The van der Waals surface area contributed by atoms with Crippen LogP contribution in [0.25, 0.3) is 32.5 Å². The number of benzene rings is 3. The van der Waals surface area contributed by atoms with Crippen LogP contribution in [-0.2, 0) is 0 Å². The molecule has 0 aliphatic carbocycles. The normalized spacial score (nSPS) is 10.9. The van der Waals surface area contributed by atoms with Gasteiger partial charge in [0, 0.05) is 5.56 Å². The minimum atomic E-state index is -1.54. The number of rotatable bonds is 3. The van der Waals surface area contributed by atoms with Gasteiger partial charge in [-0.25, -0.2) is 4.98 Å². The van der Waals surface area contributed by atoms with Gasteiger partial charge in [-0.3, -0.25) is 0 Å². The Morgan fingerprint density at radius 3 is 2.33 bits per heavy atom. The molecule has 4 rings (SSSR count). The van der Waals surface area contributed by atoms with Gasteiger partial charge in [0.2, 0.25) is 0 Å². The van der Waals surface area contributed by atoms with Gasteiger partial charge in [0.25, 0.3) is 0 Å². The van der Waals surface area contributed by atoms with Crippen molar-refractivity contribution in [2.75, 3.05) is 0 Å². The molecular formula is C19H14BNO2S. The van der Waals surface area contributed by atoms with Gasteiger partial charge in [-0.1, -0.05) is 60.7 Å². The van der Waals surface area contributed by atoms with Gasteiger partial charge < -0.3 is 10.0 Å². The zero-order chi connectivity index (χ0) is 16.5. The van der Waals surface area contributed by atoms with Crippen molar-refractivity contribution in [2.45, 2.75) is 0 Å². The van der Waals surface area contributed by atoms with Crippen LogP contribution in [0.3, 0.4) is 0 Å². The SMILES string of the molecule is OB(O)c1cccc(-c2ccccc2)c1-c1cccc2scnc12. The smallest absolute Gasteiger partial charge is 0.423 e. The minimum absolute atomic E-state index is 0.483. The van der Waals surface area contributed by atoms with Crippen LogP contribution in [0, 0.1) is 0 Å². The zero-order valence-electron chi connectivity index (χ0n) is 12.8. The average Bonchev–Trinajstić information content (AvgIpc) is 3.10. The monoisotopic (exact) mass is 331 g/mol. The highest BCUT2D eigenvalue weighted by Gasteiger charge is 2.22. The van der Waals surface area contributed by atoms with E-state index in [4.69, 9.17) is 0 Å². The van der Waals surface area contributed by atoms with Crippen LogP contribution in [0.2, 0.25) is 0 Å². The van der Waals surface area contributed by atoms with E-state index in [0.717, 1.165) is 32.5 Å². The topological polar surface area (TPSA) is 53.4 Å². The summed E-state index contributed by atoms with van der Waals surface area (Å²) in [4.78, 5) is 4.49. The molecule has 1 heterocycles. The number of thiazole rings is 1. The molecule has 0 aliphatic rings. The van der Waals surface area contributed by atoms with Crippen molar-refractivity contribution in [1.29, 1.82) is 0 Å². The maximum Gasteiger partial charge on any atom is 0.489 e. The van der Waals surface area contributed by atoms with E-state index >= 15 is 0 Å². The van der Waals surface area contributed by atoms with Gasteiger partial charge in [-0.2, -0.15) is 0 Å². The molecule has 0 unspecified atom stereocenters. The van der Waals surface area contributed by atoms with Crippen LogP contribution in [0.1, 0.15) is 0 Å². The standard InChI is InChI=1S/C19H14BNO2S/c22-20(23)16-10-4-8-14(13-6-2-1-3-7-13)18(16)15-9-5-11-17-19(15)21-12-24-17/h1-12,22-23H. The Bertz CT molecular complexity index is 999. The molecule has 3 nitrogen and oxygen atoms in total. The van der Waals surface area contributed by atoms with Gasteiger partial charge in [-0.05, 0) is 28.2 Å². The van der Waals surface area contributed by atoms with Gasteiger partial charge in [0.1, 0.15) is 0 Å². The summed E-state index contributed by atoms with van der Waals surface area (Å²) in [6, 6.07) is 21.5. The fourth-order valence-corrected chi connectivity index (χ4v) is 3.74. The third-order valence-electron chi connectivity index (χ3n) is 4.09.